The highest BCUT2D eigenvalue weighted by molar-refractivity contribution is 5.82. The predicted molar refractivity (Wildman–Crippen MR) is 76.7 cm³/mol. The van der Waals surface area contributed by atoms with Crippen LogP contribution >= 0.6 is 0 Å². The van der Waals surface area contributed by atoms with E-state index in [4.69, 9.17) is 9.26 Å². The summed E-state index contributed by atoms with van der Waals surface area (Å²) in [6.45, 7) is 5.08. The third kappa shape index (κ3) is 3.11. The molecule has 1 aromatic heterocycles. The van der Waals surface area contributed by atoms with E-state index in [0.717, 1.165) is 50.4 Å². The van der Waals surface area contributed by atoms with Crippen LogP contribution in [0.3, 0.4) is 0 Å². The second kappa shape index (κ2) is 6.15. The van der Waals surface area contributed by atoms with Crippen LogP contribution in [-0.4, -0.2) is 59.8 Å². The molecule has 2 aliphatic heterocycles. The van der Waals surface area contributed by atoms with Gasteiger partial charge in [0.05, 0.1) is 17.8 Å². The molecule has 3 heterocycles. The van der Waals surface area contributed by atoms with Gasteiger partial charge in [-0.3, -0.25) is 9.69 Å². The maximum Gasteiger partial charge on any atom is 0.240 e. The van der Waals surface area contributed by atoms with Gasteiger partial charge in [-0.25, -0.2) is 0 Å². The van der Waals surface area contributed by atoms with Gasteiger partial charge in [-0.05, 0) is 26.2 Å². The smallest absolute Gasteiger partial charge is 0.240 e. The minimum Gasteiger partial charge on any atom is -0.380 e. The molecule has 2 aliphatic rings. The molecule has 0 spiro atoms. The summed E-state index contributed by atoms with van der Waals surface area (Å²) in [6.07, 6.45) is 3.13. The molecule has 1 amide bonds. The Morgan fingerprint density at radius 1 is 1.48 bits per heavy atom. The van der Waals surface area contributed by atoms with Crippen molar-refractivity contribution in [3.05, 3.63) is 17.5 Å². The number of ether oxygens (including phenoxy) is 1. The Kier molecular flexibility index (Phi) is 4.26. The van der Waals surface area contributed by atoms with Crippen LogP contribution in [0.25, 0.3) is 0 Å². The van der Waals surface area contributed by atoms with E-state index in [1.54, 1.807) is 7.11 Å². The van der Waals surface area contributed by atoms with Crippen LogP contribution in [-0.2, 0) is 16.1 Å². The van der Waals surface area contributed by atoms with Crippen molar-refractivity contribution in [3.8, 4) is 0 Å². The van der Waals surface area contributed by atoms with Gasteiger partial charge in [-0.15, -0.1) is 0 Å². The maximum atomic E-state index is 12.7. The fourth-order valence-electron chi connectivity index (χ4n) is 3.31. The highest BCUT2D eigenvalue weighted by atomic mass is 16.5. The fraction of sp³-hybridized carbons (Fsp3) is 0.733. The van der Waals surface area contributed by atoms with Crippen LogP contribution in [0.1, 0.15) is 30.7 Å². The van der Waals surface area contributed by atoms with Gasteiger partial charge in [-0.1, -0.05) is 5.16 Å². The van der Waals surface area contributed by atoms with E-state index in [9.17, 15) is 4.79 Å². The first-order chi connectivity index (χ1) is 10.2. The molecule has 0 N–H and O–H groups in total. The number of aryl methyl sites for hydroxylation is 1. The molecule has 6 heteroatoms. The largest absolute Gasteiger partial charge is 0.380 e. The van der Waals surface area contributed by atoms with Crippen molar-refractivity contribution in [1.82, 2.24) is 15.0 Å². The Morgan fingerprint density at radius 3 is 2.86 bits per heavy atom. The number of hydrogen-bond donors (Lipinski definition) is 0. The van der Waals surface area contributed by atoms with Gasteiger partial charge in [-0.2, -0.15) is 0 Å². The minimum absolute atomic E-state index is 0.0925. The lowest BCUT2D eigenvalue weighted by molar-refractivity contribution is -0.135. The third-order valence-electron chi connectivity index (χ3n) is 4.44. The second-order valence-corrected chi connectivity index (χ2v) is 6.00. The summed E-state index contributed by atoms with van der Waals surface area (Å²) >= 11 is 0. The lowest BCUT2D eigenvalue weighted by Crippen LogP contribution is -2.44. The molecule has 0 radical (unpaired) electrons. The molecular formula is C15H23N3O3. The Bertz CT molecular complexity index is 496. The number of likely N-dealkylation sites (tertiary alicyclic amines) is 2. The lowest BCUT2D eigenvalue weighted by Gasteiger charge is -2.26. The molecule has 21 heavy (non-hydrogen) atoms. The number of rotatable bonds is 4. The van der Waals surface area contributed by atoms with E-state index in [1.165, 1.54) is 0 Å². The highest BCUT2D eigenvalue weighted by Gasteiger charge is 2.39. The van der Waals surface area contributed by atoms with Gasteiger partial charge in [0.2, 0.25) is 5.91 Å². The summed E-state index contributed by atoms with van der Waals surface area (Å²) in [5.41, 5.74) is 0.878. The quantitative estimate of drug-likeness (QED) is 0.834. The average molecular weight is 293 g/mol. The van der Waals surface area contributed by atoms with Crippen molar-refractivity contribution >= 4 is 5.91 Å². The third-order valence-corrected chi connectivity index (χ3v) is 4.44. The van der Waals surface area contributed by atoms with E-state index < -0.39 is 0 Å². The molecule has 0 aliphatic carbocycles. The molecule has 2 saturated heterocycles. The molecule has 6 nitrogen and oxygen atoms in total. The van der Waals surface area contributed by atoms with Gasteiger partial charge in [0.1, 0.15) is 5.76 Å². The zero-order chi connectivity index (χ0) is 14.8. The summed E-state index contributed by atoms with van der Waals surface area (Å²) < 4.78 is 10.6. The number of carbonyl (C=O) groups excluding carboxylic acids is 1. The normalized spacial score (nSPS) is 26.7. The minimum atomic E-state index is -0.0925. The summed E-state index contributed by atoms with van der Waals surface area (Å²) in [5.74, 6) is 1.04. The average Bonchev–Trinajstić information content (AvgIpc) is 3.19. The van der Waals surface area contributed by atoms with Crippen molar-refractivity contribution < 1.29 is 14.1 Å². The van der Waals surface area contributed by atoms with E-state index in [2.05, 4.69) is 10.1 Å². The molecule has 116 valence electrons. The van der Waals surface area contributed by atoms with Gasteiger partial charge < -0.3 is 14.2 Å². The maximum absolute atomic E-state index is 12.7. The van der Waals surface area contributed by atoms with Crippen LogP contribution in [0, 0.1) is 6.92 Å². The molecule has 3 rings (SSSR count). The van der Waals surface area contributed by atoms with Gasteiger partial charge in [0.15, 0.2) is 0 Å². The number of carbonyl (C=O) groups is 1. The Hall–Kier alpha value is -1.40. The lowest BCUT2D eigenvalue weighted by atomic mass is 10.1. The second-order valence-electron chi connectivity index (χ2n) is 6.00. The van der Waals surface area contributed by atoms with Crippen LogP contribution in [0.4, 0.5) is 0 Å². The van der Waals surface area contributed by atoms with Crippen molar-refractivity contribution in [2.24, 2.45) is 0 Å². The topological polar surface area (TPSA) is 58.8 Å². The van der Waals surface area contributed by atoms with Crippen molar-refractivity contribution in [2.75, 3.05) is 26.7 Å². The number of methoxy groups -OCH3 is 1. The monoisotopic (exact) mass is 293 g/mol. The Balaban J connectivity index is 1.70. The van der Waals surface area contributed by atoms with Gasteiger partial charge in [0.25, 0.3) is 0 Å². The summed E-state index contributed by atoms with van der Waals surface area (Å²) in [4.78, 5) is 16.9. The highest BCUT2D eigenvalue weighted by Crippen LogP contribution is 2.25. The number of nitrogens with zero attached hydrogens (tertiary/aromatic N) is 3. The first-order valence-electron chi connectivity index (χ1n) is 7.65. The molecule has 1 aromatic rings. The van der Waals surface area contributed by atoms with Crippen molar-refractivity contribution in [2.45, 2.75) is 44.9 Å². The molecule has 0 saturated carbocycles. The van der Waals surface area contributed by atoms with Crippen molar-refractivity contribution in [3.63, 3.8) is 0 Å². The molecule has 0 aromatic carbocycles. The first kappa shape index (κ1) is 14.5. The van der Waals surface area contributed by atoms with Crippen LogP contribution < -0.4 is 0 Å². The first-order valence-corrected chi connectivity index (χ1v) is 7.65. The number of hydrogen-bond acceptors (Lipinski definition) is 5. The number of amides is 1. The summed E-state index contributed by atoms with van der Waals surface area (Å²) in [7, 11) is 1.71. The summed E-state index contributed by atoms with van der Waals surface area (Å²) in [6, 6.07) is 1.84. The van der Waals surface area contributed by atoms with Gasteiger partial charge in [0, 0.05) is 39.4 Å². The summed E-state index contributed by atoms with van der Waals surface area (Å²) in [5, 5.41) is 4.04. The van der Waals surface area contributed by atoms with Crippen molar-refractivity contribution in [1.29, 1.82) is 0 Å². The number of aromatic nitrogens is 1. The van der Waals surface area contributed by atoms with Gasteiger partial charge >= 0.3 is 0 Å². The van der Waals surface area contributed by atoms with E-state index in [0.29, 0.717) is 6.54 Å². The molecule has 2 atom stereocenters. The standard InChI is InChI=1S/C15H23N3O3/c1-11-7-12(16-21-11)9-18-10-13(20-2)8-14(18)15(19)17-5-3-4-6-17/h7,13-14H,3-6,8-10H2,1-2H3/t13-,14-/m0/s1. The predicted octanol–water partition coefficient (Wildman–Crippen LogP) is 1.19. The SMILES string of the molecule is CO[C@H]1C[C@@H](C(=O)N2CCCC2)N(Cc2cc(C)on2)C1. The Morgan fingerprint density at radius 2 is 2.24 bits per heavy atom. The zero-order valence-corrected chi connectivity index (χ0v) is 12.7. The molecular weight excluding hydrogens is 270 g/mol. The zero-order valence-electron chi connectivity index (χ0n) is 12.7. The Labute approximate surface area is 125 Å². The van der Waals surface area contributed by atoms with Crippen LogP contribution in [0.5, 0.6) is 0 Å². The fourth-order valence-corrected chi connectivity index (χ4v) is 3.31. The molecule has 0 bridgehead atoms. The van der Waals surface area contributed by atoms with E-state index in [1.807, 2.05) is 17.9 Å². The molecule has 2 fully saturated rings. The van der Waals surface area contributed by atoms with Crippen LogP contribution in [0.2, 0.25) is 0 Å². The van der Waals surface area contributed by atoms with E-state index >= 15 is 0 Å². The van der Waals surface area contributed by atoms with E-state index in [-0.39, 0.29) is 18.1 Å². The molecule has 0 unspecified atom stereocenters. The van der Waals surface area contributed by atoms with Crippen LogP contribution in [0.15, 0.2) is 10.6 Å².